The molecule has 0 radical (unpaired) electrons. The highest BCUT2D eigenvalue weighted by molar-refractivity contribution is 7.80. The van der Waals surface area contributed by atoms with Gasteiger partial charge in [-0.2, -0.15) is 0 Å². The number of ether oxygens (including phenoxy) is 1. The predicted octanol–water partition coefficient (Wildman–Crippen LogP) is 6.35. The first-order valence-corrected chi connectivity index (χ1v) is 9.69. The molecule has 27 heavy (non-hydrogen) atoms. The first-order chi connectivity index (χ1) is 13.0. The van der Waals surface area contributed by atoms with Crippen LogP contribution in [-0.2, 0) is 13.2 Å². The number of benzene rings is 3. The Morgan fingerprint density at radius 2 is 1.74 bits per heavy atom. The minimum atomic E-state index is 0.423. The number of nitrogens with one attached hydrogen (secondary N) is 1. The van der Waals surface area contributed by atoms with E-state index in [1.807, 2.05) is 54.6 Å². The lowest BCUT2D eigenvalue weighted by Gasteiger charge is -2.12. The minimum absolute atomic E-state index is 0.423. The zero-order valence-corrected chi connectivity index (χ0v) is 17.2. The second-order valence-electron chi connectivity index (χ2n) is 6.17. The number of hydrogen-bond acceptors (Lipinski definition) is 2. The maximum absolute atomic E-state index is 6.37. The van der Waals surface area contributed by atoms with Gasteiger partial charge in [-0.1, -0.05) is 71.8 Å². The molecular weight excluding hydrogens is 397 g/mol. The SMILES string of the molecule is Cc1ccccc1CNC(=S)c1ccc(OCc2ccc(Cl)cc2)c(Cl)c1. The van der Waals surface area contributed by atoms with Gasteiger partial charge in [0.1, 0.15) is 17.3 Å². The molecule has 0 aliphatic heterocycles. The van der Waals surface area contributed by atoms with Crippen LogP contribution in [0.25, 0.3) is 0 Å². The maximum Gasteiger partial charge on any atom is 0.138 e. The summed E-state index contributed by atoms with van der Waals surface area (Å²) in [6.45, 7) is 3.19. The van der Waals surface area contributed by atoms with Crippen LogP contribution in [-0.4, -0.2) is 4.99 Å². The molecule has 3 rings (SSSR count). The Kier molecular flexibility index (Phi) is 6.73. The van der Waals surface area contributed by atoms with E-state index < -0.39 is 0 Å². The molecule has 2 nitrogen and oxygen atoms in total. The van der Waals surface area contributed by atoms with Gasteiger partial charge in [-0.05, 0) is 53.9 Å². The summed E-state index contributed by atoms with van der Waals surface area (Å²) in [5, 5.41) is 4.52. The average molecular weight is 416 g/mol. The zero-order chi connectivity index (χ0) is 19.2. The molecule has 0 spiro atoms. The Labute approximate surface area is 175 Å². The first kappa shape index (κ1) is 19.7. The third-order valence-corrected chi connectivity index (χ3v) is 5.13. The molecule has 0 aliphatic rings. The van der Waals surface area contributed by atoms with Gasteiger partial charge in [0.25, 0.3) is 0 Å². The van der Waals surface area contributed by atoms with Crippen LogP contribution in [0.4, 0.5) is 0 Å². The van der Waals surface area contributed by atoms with Crippen molar-refractivity contribution in [1.29, 1.82) is 0 Å². The summed E-state index contributed by atoms with van der Waals surface area (Å²) in [6, 6.07) is 21.3. The van der Waals surface area contributed by atoms with Gasteiger partial charge >= 0.3 is 0 Å². The molecule has 1 N–H and O–H groups in total. The lowest BCUT2D eigenvalue weighted by atomic mass is 10.1. The highest BCUT2D eigenvalue weighted by Crippen LogP contribution is 2.26. The van der Waals surface area contributed by atoms with Crippen molar-refractivity contribution in [2.45, 2.75) is 20.1 Å². The molecule has 0 unspecified atom stereocenters. The molecule has 138 valence electrons. The second kappa shape index (κ2) is 9.23. The number of halogens is 2. The van der Waals surface area contributed by atoms with Crippen LogP contribution in [0.5, 0.6) is 5.75 Å². The summed E-state index contributed by atoms with van der Waals surface area (Å²) in [5.41, 5.74) is 4.34. The number of aryl methyl sites for hydroxylation is 1. The van der Waals surface area contributed by atoms with Crippen LogP contribution < -0.4 is 10.1 Å². The molecule has 0 bridgehead atoms. The third-order valence-electron chi connectivity index (χ3n) is 4.20. The van der Waals surface area contributed by atoms with Gasteiger partial charge in [0.2, 0.25) is 0 Å². The van der Waals surface area contributed by atoms with E-state index in [4.69, 9.17) is 40.2 Å². The second-order valence-corrected chi connectivity index (χ2v) is 7.42. The van der Waals surface area contributed by atoms with Crippen molar-refractivity contribution in [2.24, 2.45) is 0 Å². The van der Waals surface area contributed by atoms with E-state index >= 15 is 0 Å². The monoisotopic (exact) mass is 415 g/mol. The summed E-state index contributed by atoms with van der Waals surface area (Å²) in [6.07, 6.45) is 0. The van der Waals surface area contributed by atoms with Crippen molar-refractivity contribution in [3.63, 3.8) is 0 Å². The predicted molar refractivity (Wildman–Crippen MR) is 117 cm³/mol. The third kappa shape index (κ3) is 5.46. The van der Waals surface area contributed by atoms with Crippen LogP contribution in [0.2, 0.25) is 10.0 Å². The van der Waals surface area contributed by atoms with E-state index in [1.165, 1.54) is 11.1 Å². The summed E-state index contributed by atoms with van der Waals surface area (Å²) >= 11 is 17.8. The molecular formula is C22H19Cl2NOS. The Hall–Kier alpha value is -2.07. The largest absolute Gasteiger partial charge is 0.487 e. The van der Waals surface area contributed by atoms with E-state index in [0.29, 0.717) is 33.9 Å². The fraction of sp³-hybridized carbons (Fsp3) is 0.136. The lowest BCUT2D eigenvalue weighted by Crippen LogP contribution is -2.22. The molecule has 5 heteroatoms. The van der Waals surface area contributed by atoms with E-state index in [0.717, 1.165) is 11.1 Å². The first-order valence-electron chi connectivity index (χ1n) is 8.52. The molecule has 3 aromatic rings. The molecule has 0 atom stereocenters. The standard InChI is InChI=1S/C22H19Cl2NOS/c1-15-4-2-3-5-18(15)13-25-22(27)17-8-11-21(20(24)12-17)26-14-16-6-9-19(23)10-7-16/h2-12H,13-14H2,1H3,(H,25,27). The van der Waals surface area contributed by atoms with E-state index in [2.05, 4.69) is 24.4 Å². The summed E-state index contributed by atoms with van der Waals surface area (Å²) in [7, 11) is 0. The Bertz CT molecular complexity index is 941. The van der Waals surface area contributed by atoms with Gasteiger partial charge in [0.15, 0.2) is 0 Å². The molecule has 0 saturated heterocycles. The van der Waals surface area contributed by atoms with Crippen LogP contribution in [0.3, 0.4) is 0 Å². The molecule has 0 fully saturated rings. The normalized spacial score (nSPS) is 10.5. The van der Waals surface area contributed by atoms with E-state index in [1.54, 1.807) is 0 Å². The highest BCUT2D eigenvalue weighted by atomic mass is 35.5. The van der Waals surface area contributed by atoms with Crippen molar-refractivity contribution in [2.75, 3.05) is 0 Å². The number of hydrogen-bond donors (Lipinski definition) is 1. The minimum Gasteiger partial charge on any atom is -0.487 e. The van der Waals surface area contributed by atoms with Crippen molar-refractivity contribution in [3.8, 4) is 5.75 Å². The number of thiocarbonyl (C=S) groups is 1. The van der Waals surface area contributed by atoms with Gasteiger partial charge in [-0.15, -0.1) is 0 Å². The highest BCUT2D eigenvalue weighted by Gasteiger charge is 2.08. The lowest BCUT2D eigenvalue weighted by molar-refractivity contribution is 0.306. The van der Waals surface area contributed by atoms with Gasteiger partial charge in [0.05, 0.1) is 5.02 Å². The van der Waals surface area contributed by atoms with Crippen LogP contribution in [0, 0.1) is 6.92 Å². The van der Waals surface area contributed by atoms with Gasteiger partial charge in [0, 0.05) is 17.1 Å². The Morgan fingerprint density at radius 3 is 2.44 bits per heavy atom. The fourth-order valence-electron chi connectivity index (χ4n) is 2.59. The smallest absolute Gasteiger partial charge is 0.138 e. The maximum atomic E-state index is 6.37. The molecule has 0 saturated carbocycles. The van der Waals surface area contributed by atoms with Gasteiger partial charge in [-0.3, -0.25) is 0 Å². The van der Waals surface area contributed by atoms with E-state index in [9.17, 15) is 0 Å². The summed E-state index contributed by atoms with van der Waals surface area (Å²) in [5.74, 6) is 0.622. The Morgan fingerprint density at radius 1 is 1.00 bits per heavy atom. The molecule has 0 aromatic heterocycles. The molecule has 0 amide bonds. The summed E-state index contributed by atoms with van der Waals surface area (Å²) in [4.78, 5) is 0.657. The average Bonchev–Trinajstić information content (AvgIpc) is 2.67. The molecule has 0 heterocycles. The summed E-state index contributed by atoms with van der Waals surface area (Å²) < 4.78 is 5.80. The number of rotatable bonds is 6. The Balaban J connectivity index is 1.60. The van der Waals surface area contributed by atoms with Crippen LogP contribution >= 0.6 is 35.4 Å². The van der Waals surface area contributed by atoms with Crippen LogP contribution in [0.1, 0.15) is 22.3 Å². The van der Waals surface area contributed by atoms with Crippen molar-refractivity contribution in [1.82, 2.24) is 5.32 Å². The van der Waals surface area contributed by atoms with Crippen molar-refractivity contribution in [3.05, 3.63) is 99.0 Å². The van der Waals surface area contributed by atoms with Gasteiger partial charge < -0.3 is 10.1 Å². The topological polar surface area (TPSA) is 21.3 Å². The zero-order valence-electron chi connectivity index (χ0n) is 14.8. The molecule has 3 aromatic carbocycles. The van der Waals surface area contributed by atoms with Crippen molar-refractivity contribution < 1.29 is 4.74 Å². The van der Waals surface area contributed by atoms with E-state index in [-0.39, 0.29) is 0 Å². The molecule has 0 aliphatic carbocycles. The quantitative estimate of drug-likeness (QED) is 0.474. The van der Waals surface area contributed by atoms with Gasteiger partial charge in [-0.25, -0.2) is 0 Å². The fourth-order valence-corrected chi connectivity index (χ4v) is 3.15. The van der Waals surface area contributed by atoms with Crippen LogP contribution in [0.15, 0.2) is 66.7 Å². The van der Waals surface area contributed by atoms with Crippen molar-refractivity contribution >= 4 is 40.4 Å².